The summed E-state index contributed by atoms with van der Waals surface area (Å²) in [6.45, 7) is 4.42. The van der Waals surface area contributed by atoms with Gasteiger partial charge in [-0.15, -0.1) is 0 Å². The molecule has 0 aliphatic carbocycles. The standard InChI is InChI=1S/C23H29ClN2O3S/c1-3-22(17-10-12-20(13-11-17)30(2,28)29)25-23(27)19-8-6-14-26(16-19)15-18-7-4-5-9-21(18)24/h4-5,7,9-13,19,22H,3,6,8,14-16H2,1-2H3,(H,25,27). The predicted molar refractivity (Wildman–Crippen MR) is 120 cm³/mol. The number of carbonyl (C=O) groups excluding carboxylic acids is 1. The maximum atomic E-state index is 13.0. The van der Waals surface area contributed by atoms with Crippen molar-refractivity contribution in [3.8, 4) is 0 Å². The van der Waals surface area contributed by atoms with Gasteiger partial charge in [-0.1, -0.05) is 48.9 Å². The highest BCUT2D eigenvalue weighted by molar-refractivity contribution is 7.90. The molecule has 5 nitrogen and oxygen atoms in total. The Morgan fingerprint density at radius 3 is 2.53 bits per heavy atom. The third-order valence-electron chi connectivity index (χ3n) is 5.66. The number of carbonyl (C=O) groups is 1. The highest BCUT2D eigenvalue weighted by Crippen LogP contribution is 2.24. The Balaban J connectivity index is 1.63. The number of nitrogens with one attached hydrogen (secondary N) is 1. The monoisotopic (exact) mass is 448 g/mol. The zero-order valence-corrected chi connectivity index (χ0v) is 19.0. The van der Waals surface area contributed by atoms with Gasteiger partial charge in [0, 0.05) is 24.4 Å². The molecule has 0 spiro atoms. The number of sulfone groups is 1. The molecule has 30 heavy (non-hydrogen) atoms. The van der Waals surface area contributed by atoms with E-state index in [1.807, 2.05) is 31.2 Å². The fraction of sp³-hybridized carbons (Fsp3) is 0.435. The lowest BCUT2D eigenvalue weighted by molar-refractivity contribution is -0.127. The first kappa shape index (κ1) is 22.8. The number of nitrogens with zero attached hydrogens (tertiary/aromatic N) is 1. The van der Waals surface area contributed by atoms with Crippen molar-refractivity contribution in [1.29, 1.82) is 0 Å². The molecule has 2 atom stereocenters. The Bertz CT molecular complexity index is 976. The zero-order valence-electron chi connectivity index (χ0n) is 17.5. The van der Waals surface area contributed by atoms with Crippen LogP contribution in [0.5, 0.6) is 0 Å². The van der Waals surface area contributed by atoms with Gasteiger partial charge in [-0.05, 0) is 55.1 Å². The third kappa shape index (κ3) is 5.84. The summed E-state index contributed by atoms with van der Waals surface area (Å²) in [6.07, 6.45) is 3.77. The largest absolute Gasteiger partial charge is 0.349 e. The Kier molecular flexibility index (Phi) is 7.55. The van der Waals surface area contributed by atoms with E-state index in [4.69, 9.17) is 11.6 Å². The minimum atomic E-state index is -3.23. The molecule has 7 heteroatoms. The molecule has 1 aliphatic rings. The molecule has 3 rings (SSSR count). The molecule has 1 saturated heterocycles. The van der Waals surface area contributed by atoms with Gasteiger partial charge in [0.15, 0.2) is 9.84 Å². The second kappa shape index (κ2) is 9.94. The van der Waals surface area contributed by atoms with E-state index in [0.29, 0.717) is 6.54 Å². The first-order valence-electron chi connectivity index (χ1n) is 10.3. The molecule has 1 heterocycles. The van der Waals surface area contributed by atoms with Gasteiger partial charge in [0.2, 0.25) is 5.91 Å². The summed E-state index contributed by atoms with van der Waals surface area (Å²) in [5, 5.41) is 3.92. The van der Waals surface area contributed by atoms with Gasteiger partial charge in [0.1, 0.15) is 0 Å². The third-order valence-corrected chi connectivity index (χ3v) is 7.16. The van der Waals surface area contributed by atoms with Crippen molar-refractivity contribution in [2.24, 2.45) is 5.92 Å². The van der Waals surface area contributed by atoms with Gasteiger partial charge >= 0.3 is 0 Å². The van der Waals surface area contributed by atoms with Crippen molar-refractivity contribution in [1.82, 2.24) is 10.2 Å². The summed E-state index contributed by atoms with van der Waals surface area (Å²) in [5.74, 6) is -0.0107. The van der Waals surface area contributed by atoms with E-state index in [1.165, 1.54) is 6.26 Å². The summed E-state index contributed by atoms with van der Waals surface area (Å²) in [5.41, 5.74) is 2.00. The Morgan fingerprint density at radius 2 is 1.90 bits per heavy atom. The average Bonchev–Trinajstić information content (AvgIpc) is 2.73. The Labute approximate surface area is 184 Å². The summed E-state index contributed by atoms with van der Waals surface area (Å²) in [7, 11) is -3.23. The number of rotatable bonds is 7. The van der Waals surface area contributed by atoms with E-state index in [0.717, 1.165) is 48.5 Å². The summed E-state index contributed by atoms with van der Waals surface area (Å²) >= 11 is 6.29. The lowest BCUT2D eigenvalue weighted by Gasteiger charge is -2.33. The van der Waals surface area contributed by atoms with Crippen LogP contribution < -0.4 is 5.32 Å². The highest BCUT2D eigenvalue weighted by atomic mass is 35.5. The topological polar surface area (TPSA) is 66.5 Å². The lowest BCUT2D eigenvalue weighted by atomic mass is 9.95. The molecule has 1 fully saturated rings. The van der Waals surface area contributed by atoms with Gasteiger partial charge in [-0.3, -0.25) is 9.69 Å². The molecule has 2 aromatic rings. The van der Waals surface area contributed by atoms with Crippen LogP contribution in [0.1, 0.15) is 43.4 Å². The molecule has 1 amide bonds. The minimum Gasteiger partial charge on any atom is -0.349 e. The number of piperidine rings is 1. The molecular weight excluding hydrogens is 420 g/mol. The Morgan fingerprint density at radius 1 is 1.20 bits per heavy atom. The van der Waals surface area contributed by atoms with Gasteiger partial charge < -0.3 is 5.32 Å². The molecule has 0 aromatic heterocycles. The number of hydrogen-bond acceptors (Lipinski definition) is 4. The van der Waals surface area contributed by atoms with E-state index in [-0.39, 0.29) is 22.8 Å². The van der Waals surface area contributed by atoms with Crippen LogP contribution in [0.3, 0.4) is 0 Å². The quantitative estimate of drug-likeness (QED) is 0.688. The van der Waals surface area contributed by atoms with E-state index >= 15 is 0 Å². The highest BCUT2D eigenvalue weighted by Gasteiger charge is 2.27. The van der Waals surface area contributed by atoms with Crippen LogP contribution in [0.2, 0.25) is 5.02 Å². The zero-order chi connectivity index (χ0) is 21.7. The number of halogens is 1. The normalized spacial score (nSPS) is 18.7. The molecule has 162 valence electrons. The van der Waals surface area contributed by atoms with Crippen molar-refractivity contribution in [3.63, 3.8) is 0 Å². The van der Waals surface area contributed by atoms with Crippen molar-refractivity contribution in [2.75, 3.05) is 19.3 Å². The minimum absolute atomic E-state index is 0.0536. The van der Waals surface area contributed by atoms with Crippen LogP contribution in [0.4, 0.5) is 0 Å². The lowest BCUT2D eigenvalue weighted by Crippen LogP contribution is -2.43. The van der Waals surface area contributed by atoms with Gasteiger partial charge in [0.25, 0.3) is 0 Å². The fourth-order valence-electron chi connectivity index (χ4n) is 3.94. The van der Waals surface area contributed by atoms with Crippen LogP contribution in [-0.4, -0.2) is 38.6 Å². The molecule has 1 aliphatic heterocycles. The smallest absolute Gasteiger partial charge is 0.224 e. The van der Waals surface area contributed by atoms with Crippen molar-refractivity contribution in [3.05, 3.63) is 64.7 Å². The fourth-order valence-corrected chi connectivity index (χ4v) is 4.76. The molecule has 2 aromatic carbocycles. The van der Waals surface area contributed by atoms with Gasteiger partial charge in [-0.2, -0.15) is 0 Å². The summed E-state index contributed by atoms with van der Waals surface area (Å²) < 4.78 is 23.3. The van der Waals surface area contributed by atoms with Crippen LogP contribution in [0.15, 0.2) is 53.4 Å². The average molecular weight is 449 g/mol. The maximum absolute atomic E-state index is 13.0. The van der Waals surface area contributed by atoms with Gasteiger partial charge in [0.05, 0.1) is 16.9 Å². The van der Waals surface area contributed by atoms with E-state index in [9.17, 15) is 13.2 Å². The van der Waals surface area contributed by atoms with Gasteiger partial charge in [-0.25, -0.2) is 8.42 Å². The second-order valence-electron chi connectivity index (χ2n) is 7.98. The van der Waals surface area contributed by atoms with Crippen LogP contribution in [0.25, 0.3) is 0 Å². The number of benzene rings is 2. The van der Waals surface area contributed by atoms with E-state index in [2.05, 4.69) is 10.2 Å². The molecule has 0 saturated carbocycles. The first-order chi connectivity index (χ1) is 14.3. The van der Waals surface area contributed by atoms with Crippen LogP contribution >= 0.6 is 11.6 Å². The molecule has 0 radical (unpaired) electrons. The van der Waals surface area contributed by atoms with Crippen molar-refractivity contribution < 1.29 is 13.2 Å². The predicted octanol–water partition coefficient (Wildman–Crippen LogP) is 4.22. The molecule has 0 bridgehead atoms. The summed E-state index contributed by atoms with van der Waals surface area (Å²) in [6, 6.07) is 14.5. The summed E-state index contributed by atoms with van der Waals surface area (Å²) in [4.78, 5) is 15.5. The molecule has 1 N–H and O–H groups in total. The van der Waals surface area contributed by atoms with Crippen molar-refractivity contribution >= 4 is 27.3 Å². The second-order valence-corrected chi connectivity index (χ2v) is 10.4. The maximum Gasteiger partial charge on any atom is 0.224 e. The Hall–Kier alpha value is -1.89. The van der Waals surface area contributed by atoms with Crippen LogP contribution in [-0.2, 0) is 21.2 Å². The van der Waals surface area contributed by atoms with Crippen LogP contribution in [0, 0.1) is 5.92 Å². The van der Waals surface area contributed by atoms with E-state index in [1.54, 1.807) is 24.3 Å². The SMILES string of the molecule is CCC(NC(=O)C1CCCN(Cc2ccccc2Cl)C1)c1ccc(S(C)(=O)=O)cc1. The van der Waals surface area contributed by atoms with E-state index < -0.39 is 9.84 Å². The number of hydrogen-bond donors (Lipinski definition) is 1. The number of amides is 1. The number of likely N-dealkylation sites (tertiary alicyclic amines) is 1. The first-order valence-corrected chi connectivity index (χ1v) is 12.6. The molecular formula is C23H29ClN2O3S. The van der Waals surface area contributed by atoms with Crippen molar-refractivity contribution in [2.45, 2.75) is 43.7 Å². The molecule has 2 unspecified atom stereocenters.